The largest absolute Gasteiger partial charge is 0.507 e. The Bertz CT molecular complexity index is 1400. The Morgan fingerprint density at radius 3 is 2.65 bits per heavy atom. The fourth-order valence-electron chi connectivity index (χ4n) is 4.45. The van der Waals surface area contributed by atoms with Gasteiger partial charge in [-0.15, -0.1) is 11.3 Å². The van der Waals surface area contributed by atoms with Crippen LogP contribution in [-0.2, 0) is 16.0 Å². The summed E-state index contributed by atoms with van der Waals surface area (Å²) >= 11 is 1.46. The van der Waals surface area contributed by atoms with Crippen LogP contribution < -0.4 is 4.74 Å². The number of benzene rings is 2. The molecular weight excluding hydrogens is 448 g/mol. The maximum absolute atomic E-state index is 13.1. The molecule has 1 saturated heterocycles. The number of ketones is 1. The number of ether oxygens (including phenoxy) is 1. The van der Waals surface area contributed by atoms with Crippen molar-refractivity contribution >= 4 is 39.7 Å². The molecule has 2 aromatic heterocycles. The van der Waals surface area contributed by atoms with Gasteiger partial charge in [0.15, 0.2) is 0 Å². The van der Waals surface area contributed by atoms with Crippen molar-refractivity contribution in [3.63, 3.8) is 0 Å². The summed E-state index contributed by atoms with van der Waals surface area (Å²) in [5, 5.41) is 14.0. The summed E-state index contributed by atoms with van der Waals surface area (Å²) in [7, 11) is 1.63. The van der Waals surface area contributed by atoms with Gasteiger partial charge in [-0.25, -0.2) is 0 Å². The third-order valence-corrected chi connectivity index (χ3v) is 7.20. The Kier molecular flexibility index (Phi) is 5.71. The monoisotopic (exact) mass is 472 g/mol. The van der Waals surface area contributed by atoms with Gasteiger partial charge in [0.1, 0.15) is 11.5 Å². The third kappa shape index (κ3) is 3.78. The Morgan fingerprint density at radius 1 is 1.15 bits per heavy atom. The lowest BCUT2D eigenvalue weighted by atomic mass is 9.99. The van der Waals surface area contributed by atoms with E-state index in [1.54, 1.807) is 24.1 Å². The zero-order valence-electron chi connectivity index (χ0n) is 18.9. The lowest BCUT2D eigenvalue weighted by Gasteiger charge is -2.24. The van der Waals surface area contributed by atoms with E-state index in [1.807, 2.05) is 61.0 Å². The van der Waals surface area contributed by atoms with E-state index in [9.17, 15) is 14.7 Å². The van der Waals surface area contributed by atoms with Crippen LogP contribution in [0.2, 0.25) is 0 Å². The number of H-pyrrole nitrogens is 1. The Labute approximate surface area is 201 Å². The minimum Gasteiger partial charge on any atom is -0.507 e. The maximum atomic E-state index is 13.1. The predicted molar refractivity (Wildman–Crippen MR) is 133 cm³/mol. The van der Waals surface area contributed by atoms with E-state index in [0.717, 1.165) is 32.7 Å². The van der Waals surface area contributed by atoms with Crippen LogP contribution in [0.4, 0.5) is 0 Å². The van der Waals surface area contributed by atoms with Gasteiger partial charge in [-0.1, -0.05) is 35.9 Å². The van der Waals surface area contributed by atoms with Crippen LogP contribution >= 0.6 is 11.3 Å². The first kappa shape index (κ1) is 22.0. The van der Waals surface area contributed by atoms with Crippen molar-refractivity contribution in [3.05, 3.63) is 93.3 Å². The van der Waals surface area contributed by atoms with E-state index in [1.165, 1.54) is 11.3 Å². The fourth-order valence-corrected chi connectivity index (χ4v) is 5.30. The van der Waals surface area contributed by atoms with Crippen LogP contribution in [0.25, 0.3) is 16.7 Å². The molecule has 1 aliphatic heterocycles. The van der Waals surface area contributed by atoms with Crippen LogP contribution in [0.3, 0.4) is 0 Å². The Hall–Kier alpha value is -3.84. The lowest BCUT2D eigenvalue weighted by molar-refractivity contribution is -0.139. The molecule has 4 aromatic rings. The van der Waals surface area contributed by atoms with Crippen molar-refractivity contribution in [3.8, 4) is 5.75 Å². The normalized spacial score (nSPS) is 17.6. The number of thiophene rings is 1. The molecule has 1 unspecified atom stereocenters. The summed E-state index contributed by atoms with van der Waals surface area (Å²) in [6.45, 7) is 2.29. The summed E-state index contributed by atoms with van der Waals surface area (Å²) < 4.78 is 5.36. The van der Waals surface area contributed by atoms with Gasteiger partial charge in [0.25, 0.3) is 11.7 Å². The molecule has 5 rings (SSSR count). The van der Waals surface area contributed by atoms with Gasteiger partial charge in [-0.3, -0.25) is 9.59 Å². The second-order valence-electron chi connectivity index (χ2n) is 8.35. The molecule has 0 bridgehead atoms. The van der Waals surface area contributed by atoms with Crippen LogP contribution in [-0.4, -0.2) is 40.3 Å². The number of carbonyl (C=O) groups is 2. The van der Waals surface area contributed by atoms with E-state index in [2.05, 4.69) is 4.98 Å². The topological polar surface area (TPSA) is 82.6 Å². The minimum absolute atomic E-state index is 0.136. The third-order valence-electron chi connectivity index (χ3n) is 6.27. The van der Waals surface area contributed by atoms with E-state index in [4.69, 9.17) is 4.74 Å². The minimum atomic E-state index is -0.655. The van der Waals surface area contributed by atoms with Crippen molar-refractivity contribution in [2.75, 3.05) is 13.7 Å². The van der Waals surface area contributed by atoms with Gasteiger partial charge in [0.2, 0.25) is 0 Å². The number of rotatable bonds is 6. The molecule has 0 aliphatic carbocycles. The molecule has 1 amide bonds. The van der Waals surface area contributed by atoms with Gasteiger partial charge >= 0.3 is 0 Å². The summed E-state index contributed by atoms with van der Waals surface area (Å²) in [6.07, 6.45) is 2.47. The number of aromatic nitrogens is 1. The zero-order chi connectivity index (χ0) is 23.8. The van der Waals surface area contributed by atoms with Crippen LogP contribution in [0.15, 0.2) is 71.7 Å². The fraction of sp³-hybridized carbons (Fsp3) is 0.185. The van der Waals surface area contributed by atoms with Crippen molar-refractivity contribution < 1.29 is 19.4 Å². The van der Waals surface area contributed by atoms with E-state index in [-0.39, 0.29) is 11.3 Å². The number of Topliss-reactive ketones (excluding diaryl/α,β-unsaturated/α-hetero) is 1. The van der Waals surface area contributed by atoms with Gasteiger partial charge in [-0.05, 0) is 48.6 Å². The number of likely N-dealkylation sites (tertiary alicyclic amines) is 1. The number of hydrogen-bond acceptors (Lipinski definition) is 5. The van der Waals surface area contributed by atoms with Crippen LogP contribution in [0.5, 0.6) is 5.75 Å². The zero-order valence-corrected chi connectivity index (χ0v) is 19.7. The average molecular weight is 473 g/mol. The molecule has 0 radical (unpaired) electrons. The van der Waals surface area contributed by atoms with E-state index >= 15 is 0 Å². The highest BCUT2D eigenvalue weighted by atomic mass is 32.1. The number of methoxy groups -OCH3 is 1. The van der Waals surface area contributed by atoms with E-state index in [0.29, 0.717) is 18.5 Å². The lowest BCUT2D eigenvalue weighted by Crippen LogP contribution is -2.31. The Balaban J connectivity index is 1.52. The smallest absolute Gasteiger partial charge is 0.295 e. The highest BCUT2D eigenvalue weighted by Crippen LogP contribution is 2.41. The molecular formula is C27H24N2O4S. The highest BCUT2D eigenvalue weighted by molar-refractivity contribution is 7.10. The second kappa shape index (κ2) is 8.83. The quantitative estimate of drug-likeness (QED) is 0.229. The van der Waals surface area contributed by atoms with Gasteiger partial charge < -0.3 is 19.7 Å². The number of nitrogens with one attached hydrogen (secondary N) is 1. The summed E-state index contributed by atoms with van der Waals surface area (Å²) in [5.41, 5.74) is 3.71. The molecule has 0 spiro atoms. The number of aliphatic hydroxyl groups is 1. The number of hydrogen-bond donors (Lipinski definition) is 2. The molecule has 7 heteroatoms. The average Bonchev–Trinajstić information content (AvgIpc) is 3.57. The number of aliphatic hydroxyl groups excluding tert-OH is 1. The molecule has 34 heavy (non-hydrogen) atoms. The van der Waals surface area contributed by atoms with Crippen molar-refractivity contribution in [2.24, 2.45) is 0 Å². The first-order valence-electron chi connectivity index (χ1n) is 11.0. The summed E-state index contributed by atoms with van der Waals surface area (Å²) in [4.78, 5) is 31.9. The Morgan fingerprint density at radius 2 is 1.94 bits per heavy atom. The molecule has 2 N–H and O–H groups in total. The van der Waals surface area contributed by atoms with Crippen LogP contribution in [0.1, 0.15) is 27.6 Å². The highest BCUT2D eigenvalue weighted by Gasteiger charge is 2.46. The molecule has 1 atom stereocenters. The predicted octanol–water partition coefficient (Wildman–Crippen LogP) is 5.21. The second-order valence-corrected chi connectivity index (χ2v) is 9.33. The van der Waals surface area contributed by atoms with Gasteiger partial charge in [-0.2, -0.15) is 0 Å². The number of aryl methyl sites for hydroxylation is 1. The summed E-state index contributed by atoms with van der Waals surface area (Å²) in [5.74, 6) is -0.636. The molecule has 2 aromatic carbocycles. The molecule has 6 nitrogen and oxygen atoms in total. The molecule has 1 aliphatic rings. The first-order chi connectivity index (χ1) is 16.5. The van der Waals surface area contributed by atoms with Crippen molar-refractivity contribution in [1.29, 1.82) is 0 Å². The summed E-state index contributed by atoms with van der Waals surface area (Å²) in [6, 6.07) is 16.2. The molecule has 3 heterocycles. The van der Waals surface area contributed by atoms with Crippen LogP contribution in [0, 0.1) is 6.92 Å². The van der Waals surface area contributed by atoms with Gasteiger partial charge in [0.05, 0.1) is 18.7 Å². The molecule has 172 valence electrons. The number of nitrogens with zero attached hydrogens (tertiary/aromatic N) is 1. The standard InChI is InChI=1S/C27H24N2O4S/c1-16-5-7-17(8-6-16)25(30)23-24(22-4-3-13-34-22)29(27(32)26(23)31)12-11-18-15-28-21-10-9-19(33-2)14-20(18)21/h3-10,13-15,24,28,30H,11-12H2,1-2H3/b25-23-. The number of carbonyl (C=O) groups excluding carboxylic acids is 2. The molecule has 0 saturated carbocycles. The first-order valence-corrected chi connectivity index (χ1v) is 11.9. The molecule has 1 fully saturated rings. The number of amides is 1. The van der Waals surface area contributed by atoms with Crippen molar-refractivity contribution in [2.45, 2.75) is 19.4 Å². The number of aromatic amines is 1. The van der Waals surface area contributed by atoms with E-state index < -0.39 is 17.7 Å². The SMILES string of the molecule is COc1ccc2[nH]cc(CCN3C(=O)C(=O)/C(=C(\O)c4ccc(C)cc4)C3c3cccs3)c2c1. The van der Waals surface area contributed by atoms with Gasteiger partial charge in [0, 0.05) is 34.1 Å². The van der Waals surface area contributed by atoms with Crippen molar-refractivity contribution in [1.82, 2.24) is 9.88 Å². The number of fused-ring (bicyclic) bond motifs is 1. The maximum Gasteiger partial charge on any atom is 0.295 e.